The molecule has 0 aromatic carbocycles. The molecule has 3 nitrogen and oxygen atoms in total. The third kappa shape index (κ3) is 5.58. The van der Waals surface area contributed by atoms with Gasteiger partial charge in [0, 0.05) is 12.8 Å². The Hall–Kier alpha value is -1.19. The van der Waals surface area contributed by atoms with E-state index in [1.54, 1.807) is 6.92 Å². The Morgan fingerprint density at radius 3 is 2.42 bits per heavy atom. The summed E-state index contributed by atoms with van der Waals surface area (Å²) in [5, 5.41) is 8.05. The van der Waals surface area contributed by atoms with Gasteiger partial charge in [0.2, 0.25) is 0 Å². The molecule has 0 atom stereocenters. The SMILES string of the molecule is CCC(=O)CC(=O)C/C=C(/O)F. The zero-order chi connectivity index (χ0) is 9.56. The molecular weight excluding hydrogens is 163 g/mol. The van der Waals surface area contributed by atoms with E-state index in [4.69, 9.17) is 5.11 Å². The highest BCUT2D eigenvalue weighted by Crippen LogP contribution is 1.98. The summed E-state index contributed by atoms with van der Waals surface area (Å²) in [4.78, 5) is 21.4. The van der Waals surface area contributed by atoms with Crippen LogP contribution in [0.25, 0.3) is 0 Å². The smallest absolute Gasteiger partial charge is 0.266 e. The van der Waals surface area contributed by atoms with Gasteiger partial charge < -0.3 is 5.11 Å². The molecule has 0 aromatic heterocycles. The molecule has 0 aromatic rings. The fraction of sp³-hybridized carbons (Fsp3) is 0.500. The first-order chi connectivity index (χ1) is 5.56. The Bertz CT molecular complexity index is 204. The number of rotatable bonds is 5. The lowest BCUT2D eigenvalue weighted by molar-refractivity contribution is -0.126. The summed E-state index contributed by atoms with van der Waals surface area (Å²) in [6, 6.07) is -1.38. The van der Waals surface area contributed by atoms with Gasteiger partial charge in [0.1, 0.15) is 11.6 Å². The van der Waals surface area contributed by atoms with Crippen molar-refractivity contribution >= 4 is 11.6 Å². The van der Waals surface area contributed by atoms with E-state index in [-0.39, 0.29) is 24.4 Å². The number of allylic oxidation sites excluding steroid dienone is 1. The third-order valence-electron chi connectivity index (χ3n) is 1.29. The van der Waals surface area contributed by atoms with Gasteiger partial charge in [-0.25, -0.2) is 0 Å². The molecule has 0 heterocycles. The van der Waals surface area contributed by atoms with Gasteiger partial charge in [-0.05, 0) is 6.08 Å². The number of hydrogen-bond donors (Lipinski definition) is 1. The maximum Gasteiger partial charge on any atom is 0.266 e. The molecule has 0 rings (SSSR count). The average Bonchev–Trinajstić information content (AvgIpc) is 2.00. The monoisotopic (exact) mass is 174 g/mol. The van der Waals surface area contributed by atoms with Crippen LogP contribution in [0.4, 0.5) is 4.39 Å². The predicted octanol–water partition coefficient (Wildman–Crippen LogP) is 1.68. The molecule has 1 N–H and O–H groups in total. The van der Waals surface area contributed by atoms with Crippen LogP contribution in [0.3, 0.4) is 0 Å². The van der Waals surface area contributed by atoms with Crippen LogP contribution in [-0.4, -0.2) is 16.7 Å². The highest BCUT2D eigenvalue weighted by Gasteiger charge is 2.06. The van der Waals surface area contributed by atoms with Crippen LogP contribution in [-0.2, 0) is 9.59 Å². The van der Waals surface area contributed by atoms with Gasteiger partial charge in [-0.3, -0.25) is 9.59 Å². The Labute approximate surface area is 69.9 Å². The van der Waals surface area contributed by atoms with Crippen molar-refractivity contribution in [1.29, 1.82) is 0 Å². The van der Waals surface area contributed by atoms with Crippen LogP contribution in [0.5, 0.6) is 0 Å². The Morgan fingerprint density at radius 1 is 1.42 bits per heavy atom. The summed E-state index contributed by atoms with van der Waals surface area (Å²) < 4.78 is 11.7. The average molecular weight is 174 g/mol. The van der Waals surface area contributed by atoms with Gasteiger partial charge in [0.05, 0.1) is 6.42 Å². The molecule has 12 heavy (non-hydrogen) atoms. The first-order valence-electron chi connectivity index (χ1n) is 3.64. The van der Waals surface area contributed by atoms with Gasteiger partial charge in [-0.1, -0.05) is 6.92 Å². The summed E-state index contributed by atoms with van der Waals surface area (Å²) in [6.45, 7) is 1.65. The topological polar surface area (TPSA) is 54.4 Å². The van der Waals surface area contributed by atoms with E-state index in [1.165, 1.54) is 0 Å². The van der Waals surface area contributed by atoms with Gasteiger partial charge in [0.25, 0.3) is 6.01 Å². The molecule has 0 spiro atoms. The van der Waals surface area contributed by atoms with Crippen LogP contribution >= 0.6 is 0 Å². The highest BCUT2D eigenvalue weighted by molar-refractivity contribution is 5.99. The number of ketones is 2. The van der Waals surface area contributed by atoms with Crippen molar-refractivity contribution in [2.75, 3.05) is 0 Å². The molecule has 0 unspecified atom stereocenters. The van der Waals surface area contributed by atoms with E-state index in [2.05, 4.69) is 0 Å². The lowest BCUT2D eigenvalue weighted by Gasteiger charge is -1.93. The molecule has 0 saturated carbocycles. The van der Waals surface area contributed by atoms with Crippen LogP contribution < -0.4 is 0 Å². The highest BCUT2D eigenvalue weighted by atomic mass is 19.1. The van der Waals surface area contributed by atoms with Crippen molar-refractivity contribution in [1.82, 2.24) is 0 Å². The van der Waals surface area contributed by atoms with Crippen LogP contribution in [0.15, 0.2) is 12.1 Å². The molecule has 0 aliphatic carbocycles. The largest absolute Gasteiger partial charge is 0.487 e. The molecule has 0 saturated heterocycles. The minimum Gasteiger partial charge on any atom is -0.487 e. The van der Waals surface area contributed by atoms with Crippen molar-refractivity contribution in [3.05, 3.63) is 12.1 Å². The first kappa shape index (κ1) is 10.8. The van der Waals surface area contributed by atoms with Crippen molar-refractivity contribution in [3.63, 3.8) is 0 Å². The van der Waals surface area contributed by atoms with Gasteiger partial charge in [-0.15, -0.1) is 0 Å². The fourth-order valence-electron chi connectivity index (χ4n) is 0.615. The number of aliphatic hydroxyl groups excluding tert-OH is 1. The van der Waals surface area contributed by atoms with Crippen molar-refractivity contribution in [2.45, 2.75) is 26.2 Å². The maximum atomic E-state index is 11.7. The molecule has 0 radical (unpaired) electrons. The molecule has 4 heteroatoms. The lowest BCUT2D eigenvalue weighted by Crippen LogP contribution is -2.05. The molecule has 0 bridgehead atoms. The molecule has 68 valence electrons. The van der Waals surface area contributed by atoms with E-state index < -0.39 is 6.01 Å². The van der Waals surface area contributed by atoms with Crippen LogP contribution in [0.1, 0.15) is 26.2 Å². The van der Waals surface area contributed by atoms with Gasteiger partial charge in [-0.2, -0.15) is 4.39 Å². The number of aliphatic hydroxyl groups is 1. The van der Waals surface area contributed by atoms with Crippen molar-refractivity contribution in [3.8, 4) is 0 Å². The van der Waals surface area contributed by atoms with E-state index in [0.29, 0.717) is 6.42 Å². The summed E-state index contributed by atoms with van der Waals surface area (Å²) in [6.07, 6.45) is 0.636. The molecular formula is C8H11FO3. The van der Waals surface area contributed by atoms with E-state index in [0.717, 1.165) is 6.08 Å². The molecule has 0 aliphatic rings. The second-order valence-electron chi connectivity index (χ2n) is 2.34. The first-order valence-corrected chi connectivity index (χ1v) is 3.64. The van der Waals surface area contributed by atoms with Gasteiger partial charge >= 0.3 is 0 Å². The lowest BCUT2D eigenvalue weighted by atomic mass is 10.1. The number of halogens is 1. The zero-order valence-corrected chi connectivity index (χ0v) is 6.84. The van der Waals surface area contributed by atoms with Crippen LogP contribution in [0.2, 0.25) is 0 Å². The summed E-state index contributed by atoms with van der Waals surface area (Å²) >= 11 is 0. The fourth-order valence-corrected chi connectivity index (χ4v) is 0.615. The Morgan fingerprint density at radius 2 is 2.00 bits per heavy atom. The van der Waals surface area contributed by atoms with E-state index >= 15 is 0 Å². The Balaban J connectivity index is 3.75. The van der Waals surface area contributed by atoms with E-state index in [9.17, 15) is 14.0 Å². The number of hydrogen-bond acceptors (Lipinski definition) is 3. The van der Waals surface area contributed by atoms with E-state index in [1.807, 2.05) is 0 Å². The number of Topliss-reactive ketones (excluding diaryl/α,β-unsaturated/α-hetero) is 2. The summed E-state index contributed by atoms with van der Waals surface area (Å²) in [5.74, 6) is -0.558. The summed E-state index contributed by atoms with van der Waals surface area (Å²) in [5.41, 5.74) is 0. The van der Waals surface area contributed by atoms with Crippen molar-refractivity contribution in [2.24, 2.45) is 0 Å². The Kier molecular flexibility index (Phi) is 4.92. The third-order valence-corrected chi connectivity index (χ3v) is 1.29. The molecule has 0 aliphatic heterocycles. The normalized spacial score (nSPS) is 11.3. The number of carbonyl (C=O) groups is 2. The molecule has 0 amide bonds. The van der Waals surface area contributed by atoms with Crippen molar-refractivity contribution < 1.29 is 19.1 Å². The quantitative estimate of drug-likeness (QED) is 0.509. The van der Waals surface area contributed by atoms with Gasteiger partial charge in [0.15, 0.2) is 0 Å². The standard InChI is InChI=1S/C8H11FO3/c1-2-6(10)5-7(11)3-4-8(9)12/h4,12H,2-3,5H2,1H3/b8-4+. The molecule has 0 fully saturated rings. The number of carbonyl (C=O) groups excluding carboxylic acids is 2. The van der Waals surface area contributed by atoms with Crippen LogP contribution in [0, 0.1) is 0 Å². The summed E-state index contributed by atoms with van der Waals surface area (Å²) in [7, 11) is 0. The zero-order valence-electron chi connectivity index (χ0n) is 6.84. The minimum atomic E-state index is -1.38. The second kappa shape index (κ2) is 5.46. The minimum absolute atomic E-state index is 0.174. The maximum absolute atomic E-state index is 11.7. The predicted molar refractivity (Wildman–Crippen MR) is 41.4 cm³/mol. The second-order valence-corrected chi connectivity index (χ2v) is 2.34.